The van der Waals surface area contributed by atoms with Gasteiger partial charge in [0.1, 0.15) is 11.7 Å². The molecule has 2 unspecified atom stereocenters. The number of esters is 3. The highest BCUT2D eigenvalue weighted by atomic mass is 19.3. The first kappa shape index (κ1) is 22.9. The minimum absolute atomic E-state index is 0.0862. The summed E-state index contributed by atoms with van der Waals surface area (Å²) >= 11 is 0. The van der Waals surface area contributed by atoms with Crippen LogP contribution in [0.15, 0.2) is 0 Å². The minimum Gasteiger partial charge on any atom is -0.465 e. The Labute approximate surface area is 176 Å². The second-order valence-corrected chi connectivity index (χ2v) is 10.3. The Morgan fingerprint density at radius 1 is 1.00 bits per heavy atom. The lowest BCUT2D eigenvalue weighted by Crippen LogP contribution is -2.58. The molecule has 30 heavy (non-hydrogen) atoms. The van der Waals surface area contributed by atoms with Gasteiger partial charge in [0.05, 0.1) is 12.0 Å². The molecule has 4 aliphatic carbocycles. The number of hydrogen-bond acceptors (Lipinski definition) is 6. The zero-order valence-corrected chi connectivity index (χ0v) is 18.2. The van der Waals surface area contributed by atoms with Crippen molar-refractivity contribution in [3.05, 3.63) is 0 Å². The van der Waals surface area contributed by atoms with E-state index in [-0.39, 0.29) is 36.8 Å². The Morgan fingerprint density at radius 3 is 2.13 bits per heavy atom. The minimum atomic E-state index is -3.51. The summed E-state index contributed by atoms with van der Waals surface area (Å²) in [5.74, 6) is -5.46. The Bertz CT molecular complexity index is 677. The summed E-state index contributed by atoms with van der Waals surface area (Å²) < 4.78 is 42.5. The van der Waals surface area contributed by atoms with E-state index in [1.54, 1.807) is 20.8 Å². The van der Waals surface area contributed by atoms with Gasteiger partial charge >= 0.3 is 23.8 Å². The van der Waals surface area contributed by atoms with Crippen LogP contribution in [-0.2, 0) is 28.6 Å². The first-order valence-electron chi connectivity index (χ1n) is 10.8. The van der Waals surface area contributed by atoms with Crippen molar-refractivity contribution >= 4 is 17.9 Å². The summed E-state index contributed by atoms with van der Waals surface area (Å²) in [6, 6.07) is 0. The molecular weight excluding hydrogens is 398 g/mol. The summed E-state index contributed by atoms with van der Waals surface area (Å²) in [6.45, 7) is 6.07. The Hall–Kier alpha value is -1.73. The lowest BCUT2D eigenvalue weighted by atomic mass is 9.48. The molecule has 8 heteroatoms. The third-order valence-corrected chi connectivity index (χ3v) is 6.40. The quantitative estimate of drug-likeness (QED) is 0.345. The van der Waals surface area contributed by atoms with Crippen molar-refractivity contribution in [3.8, 4) is 0 Å². The molecule has 2 atom stereocenters. The van der Waals surface area contributed by atoms with Crippen molar-refractivity contribution in [3.63, 3.8) is 0 Å². The number of rotatable bonds is 7. The third-order valence-electron chi connectivity index (χ3n) is 6.40. The number of ether oxygens (including phenoxy) is 3. The van der Waals surface area contributed by atoms with Crippen molar-refractivity contribution in [2.75, 3.05) is 6.61 Å². The normalized spacial score (nSPS) is 32.6. The van der Waals surface area contributed by atoms with Gasteiger partial charge in [-0.2, -0.15) is 8.78 Å². The first-order valence-corrected chi connectivity index (χ1v) is 10.8. The zero-order chi connectivity index (χ0) is 22.3. The van der Waals surface area contributed by atoms with Gasteiger partial charge in [0, 0.05) is 13.3 Å². The molecule has 4 fully saturated rings. The molecule has 4 saturated carbocycles. The van der Waals surface area contributed by atoms with Gasteiger partial charge in [-0.3, -0.25) is 9.59 Å². The van der Waals surface area contributed by atoms with Gasteiger partial charge in [-0.15, -0.1) is 0 Å². The van der Waals surface area contributed by atoms with E-state index in [0.717, 1.165) is 19.3 Å². The molecule has 4 rings (SSSR count). The van der Waals surface area contributed by atoms with E-state index in [9.17, 15) is 23.2 Å². The molecule has 0 saturated heterocycles. The van der Waals surface area contributed by atoms with Crippen LogP contribution in [0.25, 0.3) is 0 Å². The average Bonchev–Trinajstić information content (AvgIpc) is 2.58. The number of hydrogen-bond donors (Lipinski definition) is 0. The van der Waals surface area contributed by atoms with Crippen LogP contribution in [-0.4, -0.2) is 42.1 Å². The predicted molar refractivity (Wildman–Crippen MR) is 103 cm³/mol. The maximum atomic E-state index is 13.3. The van der Waals surface area contributed by atoms with Gasteiger partial charge in [-0.05, 0) is 77.0 Å². The van der Waals surface area contributed by atoms with Crippen molar-refractivity contribution in [2.24, 2.45) is 23.2 Å². The van der Waals surface area contributed by atoms with Crippen molar-refractivity contribution in [2.45, 2.75) is 90.3 Å². The average molecular weight is 430 g/mol. The summed E-state index contributed by atoms with van der Waals surface area (Å²) in [7, 11) is 0. The smallest absolute Gasteiger partial charge is 0.376 e. The van der Waals surface area contributed by atoms with Crippen LogP contribution in [0.3, 0.4) is 0 Å². The van der Waals surface area contributed by atoms with Crippen LogP contribution >= 0.6 is 0 Å². The van der Waals surface area contributed by atoms with E-state index in [1.165, 1.54) is 0 Å². The van der Waals surface area contributed by atoms with E-state index in [0.29, 0.717) is 32.1 Å². The van der Waals surface area contributed by atoms with Gasteiger partial charge in [-0.1, -0.05) is 0 Å². The van der Waals surface area contributed by atoms with Gasteiger partial charge in [-0.25, -0.2) is 4.79 Å². The van der Waals surface area contributed by atoms with Gasteiger partial charge in [0.25, 0.3) is 0 Å². The summed E-state index contributed by atoms with van der Waals surface area (Å²) in [4.78, 5) is 36.3. The van der Waals surface area contributed by atoms with Crippen molar-refractivity contribution < 1.29 is 37.4 Å². The molecule has 0 aromatic rings. The Kier molecular flexibility index (Phi) is 6.18. The standard InChI is InChI=1S/C22H32F2O6/c1-20(2,3)30-16(25)6-5-7-28-19(27)22-10-13-8-14(11-22)17(15(9-13)12-22)29-18(26)21(4,23)24/h13-15,17H,5-12H2,1-4H3. The van der Waals surface area contributed by atoms with Crippen LogP contribution in [0.1, 0.15) is 72.6 Å². The van der Waals surface area contributed by atoms with Gasteiger partial charge in [0.2, 0.25) is 0 Å². The topological polar surface area (TPSA) is 78.9 Å². The molecule has 0 radical (unpaired) electrons. The van der Waals surface area contributed by atoms with Gasteiger partial charge < -0.3 is 14.2 Å². The highest BCUT2D eigenvalue weighted by Crippen LogP contribution is 2.61. The predicted octanol–water partition coefficient (Wildman–Crippen LogP) is 4.04. The summed E-state index contributed by atoms with van der Waals surface area (Å²) in [5, 5.41) is 0. The molecule has 0 aromatic heterocycles. The molecule has 0 amide bonds. The SMILES string of the molecule is CC(C)(C)OC(=O)CCCOC(=O)C12CC3CC(C1)C(OC(=O)C(C)(F)F)C(C3)C2. The Balaban J connectivity index is 1.52. The van der Waals surface area contributed by atoms with Crippen LogP contribution in [0, 0.1) is 23.2 Å². The second-order valence-electron chi connectivity index (χ2n) is 10.3. The zero-order valence-electron chi connectivity index (χ0n) is 18.2. The summed E-state index contributed by atoms with van der Waals surface area (Å²) in [6.07, 6.45) is 3.32. The lowest BCUT2D eigenvalue weighted by molar-refractivity contribution is -0.207. The summed E-state index contributed by atoms with van der Waals surface area (Å²) in [5.41, 5.74) is -1.17. The monoisotopic (exact) mass is 430 g/mol. The molecule has 0 aromatic carbocycles. The molecule has 170 valence electrons. The van der Waals surface area contributed by atoms with E-state index in [1.807, 2.05) is 0 Å². The number of carbonyl (C=O) groups excluding carboxylic acids is 3. The van der Waals surface area contributed by atoms with Crippen LogP contribution in [0.5, 0.6) is 0 Å². The van der Waals surface area contributed by atoms with E-state index >= 15 is 0 Å². The maximum Gasteiger partial charge on any atom is 0.376 e. The molecule has 4 aliphatic rings. The molecule has 0 spiro atoms. The fourth-order valence-electron chi connectivity index (χ4n) is 5.57. The third kappa shape index (κ3) is 5.11. The molecular formula is C22H32F2O6. The molecule has 6 nitrogen and oxygen atoms in total. The second kappa shape index (κ2) is 8.08. The number of carbonyl (C=O) groups is 3. The maximum absolute atomic E-state index is 13.3. The highest BCUT2D eigenvalue weighted by molar-refractivity contribution is 5.78. The van der Waals surface area contributed by atoms with Crippen LogP contribution in [0.4, 0.5) is 8.78 Å². The number of alkyl halides is 2. The fourth-order valence-corrected chi connectivity index (χ4v) is 5.57. The molecule has 0 aliphatic heterocycles. The Morgan fingerprint density at radius 2 is 1.60 bits per heavy atom. The van der Waals surface area contributed by atoms with Crippen LogP contribution < -0.4 is 0 Å². The molecule has 0 N–H and O–H groups in total. The van der Waals surface area contributed by atoms with E-state index in [2.05, 4.69) is 0 Å². The van der Waals surface area contributed by atoms with Crippen molar-refractivity contribution in [1.29, 1.82) is 0 Å². The van der Waals surface area contributed by atoms with Crippen LogP contribution in [0.2, 0.25) is 0 Å². The highest BCUT2D eigenvalue weighted by Gasteiger charge is 2.60. The molecule has 4 bridgehead atoms. The van der Waals surface area contributed by atoms with Crippen molar-refractivity contribution in [1.82, 2.24) is 0 Å². The lowest BCUT2D eigenvalue weighted by Gasteiger charge is -2.57. The van der Waals surface area contributed by atoms with E-state index < -0.39 is 29.0 Å². The first-order chi connectivity index (χ1) is 13.8. The fraction of sp³-hybridized carbons (Fsp3) is 0.864. The number of halogens is 2. The van der Waals surface area contributed by atoms with E-state index in [4.69, 9.17) is 14.2 Å². The largest absolute Gasteiger partial charge is 0.465 e. The van der Waals surface area contributed by atoms with Gasteiger partial charge in [0.15, 0.2) is 0 Å². The molecule has 0 heterocycles.